The summed E-state index contributed by atoms with van der Waals surface area (Å²) in [6, 6.07) is 11.8. The fraction of sp³-hybridized carbons (Fsp3) is 0.235. The van der Waals surface area contributed by atoms with Crippen molar-refractivity contribution in [2.24, 2.45) is 0 Å². The van der Waals surface area contributed by atoms with Crippen molar-refractivity contribution in [1.82, 2.24) is 0 Å². The summed E-state index contributed by atoms with van der Waals surface area (Å²) in [4.78, 5) is 10.7. The first-order valence-electron chi connectivity index (χ1n) is 7.38. The van der Waals surface area contributed by atoms with Crippen LogP contribution in [0.4, 0.5) is 10.1 Å². The molecule has 0 aliphatic heterocycles. The van der Waals surface area contributed by atoms with Gasteiger partial charge in [0.25, 0.3) is 10.0 Å². The molecule has 0 radical (unpaired) electrons. The maximum absolute atomic E-state index is 14.1. The zero-order valence-electron chi connectivity index (χ0n) is 13.1. The molecule has 24 heavy (non-hydrogen) atoms. The molecule has 2 aromatic carbocycles. The average Bonchev–Trinajstić information content (AvgIpc) is 2.52. The van der Waals surface area contributed by atoms with Crippen LogP contribution in [0.5, 0.6) is 0 Å². The van der Waals surface area contributed by atoms with Crippen LogP contribution < -0.4 is 4.31 Å². The SMILES string of the molecule is Cc1ccc(S(=O)(=O)N(CCCC(=O)O)c2ccccc2F)cc1. The van der Waals surface area contributed by atoms with Gasteiger partial charge in [0.1, 0.15) is 5.82 Å². The molecule has 0 unspecified atom stereocenters. The van der Waals surface area contributed by atoms with Gasteiger partial charge in [-0.25, -0.2) is 12.8 Å². The minimum absolute atomic E-state index is 0.0340. The van der Waals surface area contributed by atoms with Crippen LogP contribution in [0.2, 0.25) is 0 Å². The van der Waals surface area contributed by atoms with Crippen molar-refractivity contribution in [3.8, 4) is 0 Å². The fourth-order valence-electron chi connectivity index (χ4n) is 2.24. The minimum Gasteiger partial charge on any atom is -0.481 e. The van der Waals surface area contributed by atoms with Crippen molar-refractivity contribution in [3.05, 3.63) is 59.9 Å². The first kappa shape index (κ1) is 17.9. The number of carboxylic acids is 1. The molecule has 0 spiro atoms. The van der Waals surface area contributed by atoms with Gasteiger partial charge in [-0.05, 0) is 37.6 Å². The van der Waals surface area contributed by atoms with Crippen LogP contribution in [-0.4, -0.2) is 26.0 Å². The number of nitrogens with zero attached hydrogens (tertiary/aromatic N) is 1. The Labute approximate surface area is 140 Å². The fourth-order valence-corrected chi connectivity index (χ4v) is 3.75. The van der Waals surface area contributed by atoms with E-state index in [0.717, 1.165) is 9.87 Å². The van der Waals surface area contributed by atoms with Gasteiger partial charge in [-0.3, -0.25) is 9.10 Å². The summed E-state index contributed by atoms with van der Waals surface area (Å²) in [6.07, 6.45) is -0.122. The van der Waals surface area contributed by atoms with Crippen LogP contribution in [-0.2, 0) is 14.8 Å². The lowest BCUT2D eigenvalue weighted by Gasteiger charge is -2.24. The van der Waals surface area contributed by atoms with Crippen molar-refractivity contribution in [3.63, 3.8) is 0 Å². The summed E-state index contributed by atoms with van der Waals surface area (Å²) >= 11 is 0. The molecular formula is C17H18FNO4S. The molecule has 0 aliphatic carbocycles. The molecule has 7 heteroatoms. The van der Waals surface area contributed by atoms with Crippen LogP contribution in [0.15, 0.2) is 53.4 Å². The first-order chi connectivity index (χ1) is 11.3. The predicted octanol–water partition coefficient (Wildman–Crippen LogP) is 3.19. The topological polar surface area (TPSA) is 74.7 Å². The molecule has 0 atom stereocenters. The number of halogens is 1. The number of hydrogen-bond donors (Lipinski definition) is 1. The van der Waals surface area contributed by atoms with Gasteiger partial charge in [-0.15, -0.1) is 0 Å². The van der Waals surface area contributed by atoms with E-state index in [4.69, 9.17) is 5.11 Å². The van der Waals surface area contributed by atoms with E-state index >= 15 is 0 Å². The largest absolute Gasteiger partial charge is 0.481 e. The Kier molecular flexibility index (Phi) is 5.56. The molecule has 0 heterocycles. The van der Waals surface area contributed by atoms with Crippen LogP contribution in [0, 0.1) is 12.7 Å². The summed E-state index contributed by atoms with van der Waals surface area (Å²) in [5.74, 6) is -1.71. The summed E-state index contributed by atoms with van der Waals surface area (Å²) in [7, 11) is -3.99. The van der Waals surface area contributed by atoms with E-state index in [1.54, 1.807) is 12.1 Å². The highest BCUT2D eigenvalue weighted by Gasteiger charge is 2.26. The molecule has 0 aliphatic rings. The van der Waals surface area contributed by atoms with Gasteiger partial charge in [0.15, 0.2) is 0 Å². The van der Waals surface area contributed by atoms with Gasteiger partial charge in [0.2, 0.25) is 0 Å². The van der Waals surface area contributed by atoms with Crippen molar-refractivity contribution in [2.75, 3.05) is 10.8 Å². The molecule has 1 N–H and O–H groups in total. The lowest BCUT2D eigenvalue weighted by molar-refractivity contribution is -0.137. The molecule has 128 valence electrons. The van der Waals surface area contributed by atoms with Crippen molar-refractivity contribution in [1.29, 1.82) is 0 Å². The smallest absolute Gasteiger partial charge is 0.303 e. The highest BCUT2D eigenvalue weighted by atomic mass is 32.2. The number of sulfonamides is 1. The van der Waals surface area contributed by atoms with Crippen molar-refractivity contribution < 1.29 is 22.7 Å². The molecule has 0 aromatic heterocycles. The molecule has 2 aromatic rings. The number of carboxylic acid groups (broad SMARTS) is 1. The molecule has 2 rings (SSSR count). The van der Waals surface area contributed by atoms with Crippen LogP contribution in [0.1, 0.15) is 18.4 Å². The maximum atomic E-state index is 14.1. The number of benzene rings is 2. The quantitative estimate of drug-likeness (QED) is 0.831. The Bertz CT molecular complexity index is 819. The predicted molar refractivity (Wildman–Crippen MR) is 89.0 cm³/mol. The molecule has 0 amide bonds. The van der Waals surface area contributed by atoms with Gasteiger partial charge in [-0.1, -0.05) is 29.8 Å². The zero-order chi connectivity index (χ0) is 17.7. The number of aryl methyl sites for hydroxylation is 1. The molecule has 5 nitrogen and oxygen atoms in total. The van der Waals surface area contributed by atoms with E-state index in [9.17, 15) is 17.6 Å². The van der Waals surface area contributed by atoms with Gasteiger partial charge in [0, 0.05) is 13.0 Å². The summed E-state index contributed by atoms with van der Waals surface area (Å²) in [5.41, 5.74) is 0.806. The van der Waals surface area contributed by atoms with E-state index < -0.39 is 21.8 Å². The zero-order valence-corrected chi connectivity index (χ0v) is 14.0. The van der Waals surface area contributed by atoms with Crippen molar-refractivity contribution in [2.45, 2.75) is 24.7 Å². The van der Waals surface area contributed by atoms with Crippen LogP contribution >= 0.6 is 0 Å². The lowest BCUT2D eigenvalue weighted by atomic mass is 10.2. The summed E-state index contributed by atoms with van der Waals surface area (Å²) in [5, 5.41) is 8.76. The molecular weight excluding hydrogens is 333 g/mol. The lowest BCUT2D eigenvalue weighted by Crippen LogP contribution is -2.33. The van der Waals surface area contributed by atoms with Gasteiger partial charge >= 0.3 is 5.97 Å². The minimum atomic E-state index is -3.99. The van der Waals surface area contributed by atoms with Gasteiger partial charge < -0.3 is 5.11 Å². The average molecular weight is 351 g/mol. The summed E-state index contributed by atoms with van der Waals surface area (Å²) in [6.45, 7) is 1.71. The van der Waals surface area contributed by atoms with E-state index in [-0.39, 0.29) is 30.0 Å². The monoisotopic (exact) mass is 351 g/mol. The van der Waals surface area contributed by atoms with Crippen LogP contribution in [0.25, 0.3) is 0 Å². The normalized spacial score (nSPS) is 11.2. The molecule has 0 bridgehead atoms. The third kappa shape index (κ3) is 4.11. The second kappa shape index (κ2) is 7.44. The number of aliphatic carboxylic acids is 1. The van der Waals surface area contributed by atoms with Gasteiger partial charge in [0.05, 0.1) is 10.6 Å². The van der Waals surface area contributed by atoms with E-state index in [2.05, 4.69) is 0 Å². The Morgan fingerprint density at radius 3 is 2.33 bits per heavy atom. The van der Waals surface area contributed by atoms with Crippen molar-refractivity contribution >= 4 is 21.7 Å². The Morgan fingerprint density at radius 2 is 1.75 bits per heavy atom. The Hall–Kier alpha value is -2.41. The van der Waals surface area contributed by atoms with E-state index in [1.165, 1.54) is 36.4 Å². The molecule has 0 saturated heterocycles. The number of para-hydroxylation sites is 1. The highest BCUT2D eigenvalue weighted by Crippen LogP contribution is 2.26. The number of anilines is 1. The van der Waals surface area contributed by atoms with E-state index in [1.807, 2.05) is 6.92 Å². The third-order valence-corrected chi connectivity index (χ3v) is 5.31. The standard InChI is InChI=1S/C17H18FNO4S/c1-13-8-10-14(11-9-13)24(22,23)19(12-4-7-17(20)21)16-6-3-2-5-15(16)18/h2-3,5-6,8-11H,4,7,12H2,1H3,(H,20,21). The molecule has 0 saturated carbocycles. The van der Waals surface area contributed by atoms with Gasteiger partial charge in [-0.2, -0.15) is 0 Å². The van der Waals surface area contributed by atoms with Crippen LogP contribution in [0.3, 0.4) is 0 Å². The number of rotatable bonds is 7. The Balaban J connectivity index is 2.42. The molecule has 0 fully saturated rings. The highest BCUT2D eigenvalue weighted by molar-refractivity contribution is 7.92. The summed E-state index contributed by atoms with van der Waals surface area (Å²) < 4.78 is 40.8. The van der Waals surface area contributed by atoms with E-state index in [0.29, 0.717) is 0 Å². The maximum Gasteiger partial charge on any atom is 0.303 e. The Morgan fingerprint density at radius 1 is 1.12 bits per heavy atom. The first-order valence-corrected chi connectivity index (χ1v) is 8.82. The second-order valence-corrected chi connectivity index (χ2v) is 7.20. The second-order valence-electron chi connectivity index (χ2n) is 5.34. The number of carbonyl (C=O) groups is 1. The third-order valence-electron chi connectivity index (χ3n) is 3.48. The number of hydrogen-bond acceptors (Lipinski definition) is 3.